The van der Waals surface area contributed by atoms with Crippen molar-refractivity contribution in [2.45, 2.75) is 56.5 Å². The van der Waals surface area contributed by atoms with Crippen LogP contribution in [0.15, 0.2) is 36.4 Å². The van der Waals surface area contributed by atoms with E-state index in [1.165, 1.54) is 0 Å². The minimum Gasteiger partial charge on any atom is -0.387 e. The smallest absolute Gasteiger partial charge is 0.251 e. The minimum atomic E-state index is -1.05. The Kier molecular flexibility index (Phi) is 8.55. The molecular weight excluding hydrogens is 506 g/mol. The molecule has 1 aliphatic heterocycles. The average Bonchev–Trinajstić information content (AvgIpc) is 3.40. The van der Waals surface area contributed by atoms with Crippen LogP contribution >= 0.6 is 0 Å². The lowest BCUT2D eigenvalue weighted by Gasteiger charge is -2.38. The first-order valence-corrected chi connectivity index (χ1v) is 13.6. The van der Waals surface area contributed by atoms with Crippen molar-refractivity contribution in [3.05, 3.63) is 69.8 Å². The number of hydrogen-bond acceptors (Lipinski definition) is 6. The number of nitrogens with two attached hydrogens (primary N) is 1. The highest BCUT2D eigenvalue weighted by Gasteiger charge is 2.44. The van der Waals surface area contributed by atoms with Gasteiger partial charge >= 0.3 is 0 Å². The predicted molar refractivity (Wildman–Crippen MR) is 152 cm³/mol. The quantitative estimate of drug-likeness (QED) is 0.251. The van der Waals surface area contributed by atoms with Gasteiger partial charge in [0.1, 0.15) is 11.9 Å². The lowest BCUT2D eigenvalue weighted by atomic mass is 9.67. The summed E-state index contributed by atoms with van der Waals surface area (Å²) < 4.78 is 0. The molecule has 10 heteroatoms. The summed E-state index contributed by atoms with van der Waals surface area (Å²) in [7, 11) is 3.17. The molecule has 210 valence electrons. The van der Waals surface area contributed by atoms with Gasteiger partial charge in [0, 0.05) is 37.8 Å². The monoisotopic (exact) mass is 543 g/mol. The van der Waals surface area contributed by atoms with Crippen LogP contribution in [0.4, 0.5) is 0 Å². The van der Waals surface area contributed by atoms with Gasteiger partial charge in [-0.2, -0.15) is 5.26 Å². The molecular formula is C30H37N7O3. The number of fused-ring (bicyclic) bond motifs is 2. The maximum Gasteiger partial charge on any atom is 0.251 e. The number of amidine groups is 1. The summed E-state index contributed by atoms with van der Waals surface area (Å²) in [6.45, 7) is 2.59. The Labute approximate surface area is 234 Å². The summed E-state index contributed by atoms with van der Waals surface area (Å²) in [5, 5.41) is 26.9. The van der Waals surface area contributed by atoms with Crippen molar-refractivity contribution in [1.82, 2.24) is 20.9 Å². The van der Waals surface area contributed by atoms with Crippen molar-refractivity contribution in [2.75, 3.05) is 27.2 Å². The molecule has 3 amide bonds. The van der Waals surface area contributed by atoms with Crippen LogP contribution in [-0.4, -0.2) is 67.7 Å². The highest BCUT2D eigenvalue weighted by atomic mass is 16.2. The Balaban J connectivity index is 1.75. The number of nitrogens with one attached hydrogen (secondary N) is 4. The second-order valence-corrected chi connectivity index (χ2v) is 10.6. The second kappa shape index (κ2) is 11.9. The van der Waals surface area contributed by atoms with Crippen LogP contribution in [-0.2, 0) is 23.1 Å². The van der Waals surface area contributed by atoms with E-state index in [4.69, 9.17) is 11.1 Å². The molecule has 2 aliphatic rings. The normalized spacial score (nSPS) is 17.9. The summed E-state index contributed by atoms with van der Waals surface area (Å²) in [6.07, 6.45) is 3.08. The first-order chi connectivity index (χ1) is 19.2. The Hall–Kier alpha value is -4.23. The van der Waals surface area contributed by atoms with E-state index in [9.17, 15) is 19.6 Å². The van der Waals surface area contributed by atoms with Gasteiger partial charge in [0.2, 0.25) is 5.91 Å². The summed E-state index contributed by atoms with van der Waals surface area (Å²) in [6, 6.07) is 12.5. The predicted octanol–water partition coefficient (Wildman–Crippen LogP) is 1.61. The zero-order valence-corrected chi connectivity index (χ0v) is 23.3. The third-order valence-corrected chi connectivity index (χ3v) is 8.17. The fraction of sp³-hybridized carbons (Fsp3) is 0.433. The van der Waals surface area contributed by atoms with Crippen LogP contribution in [0, 0.1) is 16.7 Å². The standard InChI is InChI=1S/C30H37N7O3/c1-18(36-17-26(38)37-12-4-5-23(37)16-31)15-30(29(32)33)24-10-8-21(27(39)34-2)13-19(24)6-7-20-14-22(28(40)35-3)9-11-25(20)30/h8-11,13-14,18,23,36H,4-7,12,15,17H2,1-3H3,(H3,32,33)(H,34,39)(H,35,40)/t18-,23?/m1/s1. The van der Waals surface area contributed by atoms with Crippen LogP contribution in [0.2, 0.25) is 0 Å². The zero-order chi connectivity index (χ0) is 29.0. The first-order valence-electron chi connectivity index (χ1n) is 13.6. The summed E-state index contributed by atoms with van der Waals surface area (Å²) >= 11 is 0. The van der Waals surface area contributed by atoms with Gasteiger partial charge < -0.3 is 26.6 Å². The largest absolute Gasteiger partial charge is 0.387 e. The van der Waals surface area contributed by atoms with Gasteiger partial charge in [-0.25, -0.2) is 0 Å². The maximum atomic E-state index is 12.9. The number of carbonyl (C=O) groups is 3. The van der Waals surface area contributed by atoms with Crippen molar-refractivity contribution in [3.8, 4) is 6.07 Å². The number of likely N-dealkylation sites (tertiary alicyclic amines) is 1. The topological polar surface area (TPSA) is 164 Å². The van der Waals surface area contributed by atoms with E-state index in [1.54, 1.807) is 31.1 Å². The molecule has 40 heavy (non-hydrogen) atoms. The van der Waals surface area contributed by atoms with Crippen molar-refractivity contribution < 1.29 is 14.4 Å². The number of hydrogen-bond donors (Lipinski definition) is 5. The second-order valence-electron chi connectivity index (χ2n) is 10.6. The Morgan fingerprint density at radius 2 is 1.62 bits per heavy atom. The van der Waals surface area contributed by atoms with Crippen molar-refractivity contribution in [2.24, 2.45) is 5.73 Å². The van der Waals surface area contributed by atoms with Crippen molar-refractivity contribution in [3.63, 3.8) is 0 Å². The van der Waals surface area contributed by atoms with E-state index in [-0.39, 0.29) is 36.1 Å². The van der Waals surface area contributed by atoms with Crippen LogP contribution in [0.3, 0.4) is 0 Å². The zero-order valence-electron chi connectivity index (χ0n) is 23.3. The first kappa shape index (κ1) is 28.8. The van der Waals surface area contributed by atoms with Gasteiger partial charge in [-0.3, -0.25) is 19.8 Å². The number of amides is 3. The van der Waals surface area contributed by atoms with Gasteiger partial charge in [-0.1, -0.05) is 12.1 Å². The van der Waals surface area contributed by atoms with Crippen molar-refractivity contribution >= 4 is 23.6 Å². The van der Waals surface area contributed by atoms with E-state index in [1.807, 2.05) is 31.2 Å². The molecule has 0 saturated carbocycles. The molecule has 0 spiro atoms. The van der Waals surface area contributed by atoms with E-state index in [2.05, 4.69) is 22.0 Å². The van der Waals surface area contributed by atoms with Crippen LogP contribution < -0.4 is 21.7 Å². The van der Waals surface area contributed by atoms with E-state index < -0.39 is 11.5 Å². The molecule has 1 unspecified atom stereocenters. The molecule has 2 atom stereocenters. The molecule has 0 aromatic heterocycles. The number of carbonyl (C=O) groups excluding carboxylic acids is 3. The molecule has 0 radical (unpaired) electrons. The third kappa shape index (κ3) is 5.29. The Morgan fingerprint density at radius 1 is 1.07 bits per heavy atom. The lowest BCUT2D eigenvalue weighted by molar-refractivity contribution is -0.130. The molecule has 1 heterocycles. The Bertz CT molecular complexity index is 1310. The highest BCUT2D eigenvalue weighted by Crippen LogP contribution is 2.43. The van der Waals surface area contributed by atoms with Crippen LogP contribution in [0.1, 0.15) is 69.2 Å². The SMILES string of the molecule is CNC(=O)c1ccc2c(c1)CCc1cc(C(=O)NC)ccc1C2(C[C@@H](C)NCC(=O)N1CCCC1C#N)C(=N)N. The van der Waals surface area contributed by atoms with Gasteiger partial charge in [0.05, 0.1) is 18.0 Å². The van der Waals surface area contributed by atoms with E-state index >= 15 is 0 Å². The van der Waals surface area contributed by atoms with Crippen molar-refractivity contribution in [1.29, 1.82) is 10.7 Å². The van der Waals surface area contributed by atoms with Crippen LogP contribution in [0.5, 0.6) is 0 Å². The molecule has 0 bridgehead atoms. The average molecular weight is 544 g/mol. The summed E-state index contributed by atoms with van der Waals surface area (Å²) in [5.41, 5.74) is 9.95. The molecule has 1 aliphatic carbocycles. The van der Waals surface area contributed by atoms with Gasteiger partial charge in [-0.05, 0) is 85.5 Å². The third-order valence-electron chi connectivity index (χ3n) is 8.17. The van der Waals surface area contributed by atoms with E-state index in [0.29, 0.717) is 43.4 Å². The Morgan fingerprint density at radius 3 is 2.10 bits per heavy atom. The number of nitriles is 1. The summed E-state index contributed by atoms with van der Waals surface area (Å²) in [5.74, 6) is -0.585. The molecule has 2 aromatic carbocycles. The van der Waals surface area contributed by atoms with Crippen LogP contribution in [0.25, 0.3) is 0 Å². The highest BCUT2D eigenvalue weighted by molar-refractivity contribution is 5.98. The van der Waals surface area contributed by atoms with E-state index in [0.717, 1.165) is 28.7 Å². The van der Waals surface area contributed by atoms with Gasteiger partial charge in [-0.15, -0.1) is 0 Å². The number of aryl methyl sites for hydroxylation is 2. The molecule has 1 fully saturated rings. The van der Waals surface area contributed by atoms with Gasteiger partial charge in [0.15, 0.2) is 0 Å². The number of rotatable bonds is 8. The lowest BCUT2D eigenvalue weighted by Crippen LogP contribution is -2.49. The molecule has 4 rings (SSSR count). The maximum absolute atomic E-state index is 12.9. The number of benzene rings is 2. The fourth-order valence-electron chi connectivity index (χ4n) is 6.13. The molecule has 1 saturated heterocycles. The van der Waals surface area contributed by atoms with Gasteiger partial charge in [0.25, 0.3) is 11.8 Å². The molecule has 10 nitrogen and oxygen atoms in total. The molecule has 2 aromatic rings. The molecule has 6 N–H and O–H groups in total. The minimum absolute atomic E-state index is 0.0543. The number of nitrogens with zero attached hydrogens (tertiary/aromatic N) is 2. The fourth-order valence-corrected chi connectivity index (χ4v) is 6.13. The summed E-state index contributed by atoms with van der Waals surface area (Å²) in [4.78, 5) is 39.4.